The monoisotopic (exact) mass is 324 g/mol. The second-order valence-corrected chi connectivity index (χ2v) is 6.82. The molecule has 1 aromatic carbocycles. The number of nitrogens with zero attached hydrogens (tertiary/aromatic N) is 1. The average molecular weight is 325 g/mol. The molecule has 0 spiro atoms. The number of anilines is 1. The third kappa shape index (κ3) is 2.41. The zero-order valence-electron chi connectivity index (χ0n) is 11.2. The second kappa shape index (κ2) is 5.08. The number of nitrogens with two attached hydrogens (primary N) is 1. The van der Waals surface area contributed by atoms with Crippen LogP contribution in [0, 0.1) is 11.8 Å². The van der Waals surface area contributed by atoms with Crippen LogP contribution in [0.1, 0.15) is 31.4 Å². The summed E-state index contributed by atoms with van der Waals surface area (Å²) in [4.78, 5) is 2.40. The summed E-state index contributed by atoms with van der Waals surface area (Å²) in [5.41, 5.74) is 8.31. The molecule has 1 saturated carbocycles. The van der Waals surface area contributed by atoms with Gasteiger partial charge in [-0.1, -0.05) is 22.0 Å². The van der Waals surface area contributed by atoms with Crippen molar-refractivity contribution in [3.63, 3.8) is 0 Å². The van der Waals surface area contributed by atoms with E-state index in [0.717, 1.165) is 29.5 Å². The molecule has 1 aromatic rings. The number of fused-ring (bicyclic) bond motifs is 1. The van der Waals surface area contributed by atoms with Crippen molar-refractivity contribution in [2.24, 2.45) is 17.6 Å². The molecule has 1 saturated heterocycles. The van der Waals surface area contributed by atoms with Gasteiger partial charge in [-0.3, -0.25) is 0 Å². The Bertz CT molecular complexity index is 477. The van der Waals surface area contributed by atoms with E-state index in [2.05, 4.69) is 39.0 Å². The fourth-order valence-electron chi connectivity index (χ4n) is 3.53. The maximum Gasteiger partial charge on any atom is 0.0588 e. The molecule has 2 fully saturated rings. The van der Waals surface area contributed by atoms with E-state index in [1.54, 1.807) is 0 Å². The van der Waals surface area contributed by atoms with Gasteiger partial charge < -0.3 is 15.7 Å². The van der Waals surface area contributed by atoms with Crippen LogP contribution in [0.15, 0.2) is 22.7 Å². The average Bonchev–Trinajstić information content (AvgIpc) is 2.91. The van der Waals surface area contributed by atoms with Crippen molar-refractivity contribution >= 4 is 21.6 Å². The molecule has 0 amide bonds. The number of hydrogen-bond donors (Lipinski definition) is 2. The Morgan fingerprint density at radius 3 is 2.79 bits per heavy atom. The molecule has 3 N–H and O–H groups in total. The van der Waals surface area contributed by atoms with Crippen molar-refractivity contribution in [3.8, 4) is 0 Å². The highest BCUT2D eigenvalue weighted by Gasteiger charge is 2.41. The fraction of sp³-hybridized carbons (Fsp3) is 0.600. The number of aliphatic hydroxyl groups is 1. The van der Waals surface area contributed by atoms with Crippen LogP contribution in [0.2, 0.25) is 0 Å². The lowest BCUT2D eigenvalue weighted by Gasteiger charge is -2.22. The Balaban J connectivity index is 1.79. The third-order valence-corrected chi connectivity index (χ3v) is 5.35. The lowest BCUT2D eigenvalue weighted by Crippen LogP contribution is -2.24. The highest BCUT2D eigenvalue weighted by molar-refractivity contribution is 9.10. The predicted molar refractivity (Wildman–Crippen MR) is 81.2 cm³/mol. The summed E-state index contributed by atoms with van der Waals surface area (Å²) in [6, 6.07) is 6.46. The van der Waals surface area contributed by atoms with Crippen LogP contribution in [0.25, 0.3) is 0 Å². The normalized spacial score (nSPS) is 31.6. The molecule has 4 atom stereocenters. The molecule has 0 bridgehead atoms. The van der Waals surface area contributed by atoms with Crippen molar-refractivity contribution in [2.75, 3.05) is 18.0 Å². The molecule has 104 valence electrons. The van der Waals surface area contributed by atoms with E-state index in [1.165, 1.54) is 12.1 Å². The van der Waals surface area contributed by atoms with E-state index in [9.17, 15) is 5.11 Å². The highest BCUT2D eigenvalue weighted by Crippen LogP contribution is 2.40. The first kappa shape index (κ1) is 13.4. The minimum absolute atomic E-state index is 0.0446. The van der Waals surface area contributed by atoms with Gasteiger partial charge in [0.1, 0.15) is 0 Å². The standard InChI is InChI=1S/C15H21BrN2O/c1-9(17)12-4-3-11(6-14(12)16)18-7-10-2-5-15(19)13(10)8-18/h3-4,6,9-10,13,15,19H,2,5,7-8,17H2,1H3. The van der Waals surface area contributed by atoms with Gasteiger partial charge in [0.25, 0.3) is 0 Å². The van der Waals surface area contributed by atoms with Gasteiger partial charge in [0.05, 0.1) is 6.10 Å². The molecule has 4 unspecified atom stereocenters. The Morgan fingerprint density at radius 2 is 2.16 bits per heavy atom. The number of halogens is 1. The minimum atomic E-state index is -0.0956. The molecule has 3 rings (SSSR count). The lowest BCUT2D eigenvalue weighted by molar-refractivity contribution is 0.133. The van der Waals surface area contributed by atoms with E-state index in [4.69, 9.17) is 5.73 Å². The molecule has 4 heteroatoms. The predicted octanol–water partition coefficient (Wildman–Crippen LogP) is 2.68. The van der Waals surface area contributed by atoms with Crippen LogP contribution >= 0.6 is 15.9 Å². The number of benzene rings is 1. The maximum atomic E-state index is 9.98. The van der Waals surface area contributed by atoms with Crippen molar-refractivity contribution in [2.45, 2.75) is 31.9 Å². The summed E-state index contributed by atoms with van der Waals surface area (Å²) in [6.07, 6.45) is 2.06. The van der Waals surface area contributed by atoms with Gasteiger partial charge in [0.2, 0.25) is 0 Å². The summed E-state index contributed by atoms with van der Waals surface area (Å²) in [5.74, 6) is 1.13. The Hall–Kier alpha value is -0.580. The topological polar surface area (TPSA) is 49.5 Å². The summed E-state index contributed by atoms with van der Waals surface area (Å²) in [5, 5.41) is 9.98. The van der Waals surface area contributed by atoms with Crippen LogP contribution in [-0.2, 0) is 0 Å². The van der Waals surface area contributed by atoms with E-state index >= 15 is 0 Å². The van der Waals surface area contributed by atoms with E-state index in [-0.39, 0.29) is 12.1 Å². The molecule has 0 radical (unpaired) electrons. The van der Waals surface area contributed by atoms with Gasteiger partial charge in [-0.2, -0.15) is 0 Å². The van der Waals surface area contributed by atoms with Crippen LogP contribution in [-0.4, -0.2) is 24.3 Å². The zero-order chi connectivity index (χ0) is 13.6. The number of aliphatic hydroxyl groups excluding tert-OH is 1. The van der Waals surface area contributed by atoms with Gasteiger partial charge in [0.15, 0.2) is 0 Å². The molecule has 1 heterocycles. The van der Waals surface area contributed by atoms with Crippen molar-refractivity contribution in [1.82, 2.24) is 0 Å². The second-order valence-electron chi connectivity index (χ2n) is 5.97. The molecular formula is C15H21BrN2O. The van der Waals surface area contributed by atoms with Crippen LogP contribution in [0.5, 0.6) is 0 Å². The molecule has 0 aromatic heterocycles. The Labute approximate surface area is 122 Å². The molecular weight excluding hydrogens is 304 g/mol. The quantitative estimate of drug-likeness (QED) is 0.879. The first-order chi connectivity index (χ1) is 9.06. The summed E-state index contributed by atoms with van der Waals surface area (Å²) in [7, 11) is 0. The van der Waals surface area contributed by atoms with Crippen LogP contribution < -0.4 is 10.6 Å². The minimum Gasteiger partial charge on any atom is -0.393 e. The van der Waals surface area contributed by atoms with Gasteiger partial charge in [-0.15, -0.1) is 0 Å². The largest absolute Gasteiger partial charge is 0.393 e. The van der Waals surface area contributed by atoms with Crippen molar-refractivity contribution in [1.29, 1.82) is 0 Å². The number of hydrogen-bond acceptors (Lipinski definition) is 3. The maximum absolute atomic E-state index is 9.98. The van der Waals surface area contributed by atoms with Gasteiger partial charge >= 0.3 is 0 Å². The van der Waals surface area contributed by atoms with Crippen molar-refractivity contribution < 1.29 is 5.11 Å². The molecule has 1 aliphatic carbocycles. The first-order valence-corrected chi connectivity index (χ1v) is 7.83. The summed E-state index contributed by atoms with van der Waals surface area (Å²) in [6.45, 7) is 4.05. The van der Waals surface area contributed by atoms with Crippen LogP contribution in [0.4, 0.5) is 5.69 Å². The zero-order valence-corrected chi connectivity index (χ0v) is 12.8. The highest BCUT2D eigenvalue weighted by atomic mass is 79.9. The number of rotatable bonds is 2. The summed E-state index contributed by atoms with van der Waals surface area (Å²) < 4.78 is 1.08. The third-order valence-electron chi connectivity index (χ3n) is 4.66. The van der Waals surface area contributed by atoms with E-state index in [1.807, 2.05) is 6.92 Å². The Kier molecular flexibility index (Phi) is 3.58. The van der Waals surface area contributed by atoms with Gasteiger partial charge in [0, 0.05) is 35.2 Å². The van der Waals surface area contributed by atoms with E-state index < -0.39 is 0 Å². The summed E-state index contributed by atoms with van der Waals surface area (Å²) >= 11 is 3.61. The molecule has 1 aliphatic heterocycles. The van der Waals surface area contributed by atoms with Crippen LogP contribution in [0.3, 0.4) is 0 Å². The molecule has 19 heavy (non-hydrogen) atoms. The molecule has 3 nitrogen and oxygen atoms in total. The van der Waals surface area contributed by atoms with Gasteiger partial charge in [-0.05, 0) is 43.4 Å². The Morgan fingerprint density at radius 1 is 1.37 bits per heavy atom. The SMILES string of the molecule is CC(N)c1ccc(N2CC3CCC(O)C3C2)cc1Br. The van der Waals surface area contributed by atoms with Crippen molar-refractivity contribution in [3.05, 3.63) is 28.2 Å². The first-order valence-electron chi connectivity index (χ1n) is 7.04. The van der Waals surface area contributed by atoms with Gasteiger partial charge in [-0.25, -0.2) is 0 Å². The lowest BCUT2D eigenvalue weighted by atomic mass is 10.00. The van der Waals surface area contributed by atoms with E-state index in [0.29, 0.717) is 11.8 Å². The fourth-order valence-corrected chi connectivity index (χ4v) is 4.26. The smallest absolute Gasteiger partial charge is 0.0588 e. The molecule has 2 aliphatic rings.